The van der Waals surface area contributed by atoms with Gasteiger partial charge in [-0.2, -0.15) is 0 Å². The number of Topliss-reactive ketones (excluding diaryl/α,β-unsaturated/α-hetero) is 1. The number of carbonyl (C=O) groups is 1. The van der Waals surface area contributed by atoms with Crippen molar-refractivity contribution < 1.29 is 34.7 Å². The van der Waals surface area contributed by atoms with E-state index in [1.165, 1.54) is 6.42 Å². The zero-order valence-electron chi connectivity index (χ0n) is 19.4. The molecule has 9 unspecified atom stereocenters. The highest BCUT2D eigenvalue weighted by atomic mass is 16.7. The summed E-state index contributed by atoms with van der Waals surface area (Å²) in [5.41, 5.74) is 0.166. The first kappa shape index (κ1) is 23.2. The summed E-state index contributed by atoms with van der Waals surface area (Å²) in [6.07, 6.45) is 3.00. The first-order chi connectivity index (χ1) is 15.2. The number of aliphatic hydroxyl groups is 4. The molecule has 0 aromatic heterocycles. The van der Waals surface area contributed by atoms with Gasteiger partial charge in [-0.3, -0.25) is 4.79 Å². The molecule has 5 rings (SSSR count). The molecule has 5 fully saturated rings. The fourth-order valence-corrected chi connectivity index (χ4v) is 8.48. The van der Waals surface area contributed by atoms with Crippen molar-refractivity contribution in [3.05, 3.63) is 0 Å². The van der Waals surface area contributed by atoms with Gasteiger partial charge >= 0.3 is 0 Å². The summed E-state index contributed by atoms with van der Waals surface area (Å²) in [5.74, 6) is 2.90. The van der Waals surface area contributed by atoms with Crippen molar-refractivity contribution in [2.24, 2.45) is 34.5 Å². The maximum Gasteiger partial charge on any atom is 0.186 e. The number of aliphatic hydroxyl groups excluding tert-OH is 4. The molecular weight excluding hydrogens is 412 g/mol. The quantitative estimate of drug-likeness (QED) is 0.482. The van der Waals surface area contributed by atoms with E-state index in [0.29, 0.717) is 29.5 Å². The van der Waals surface area contributed by atoms with E-state index >= 15 is 0 Å². The minimum Gasteiger partial charge on any atom is -0.394 e. The summed E-state index contributed by atoms with van der Waals surface area (Å²) >= 11 is 0. The summed E-state index contributed by atoms with van der Waals surface area (Å²) < 4.78 is 11.7. The van der Waals surface area contributed by atoms with Crippen LogP contribution in [0.4, 0.5) is 0 Å². The number of rotatable bonds is 3. The molecule has 5 aliphatic rings. The normalized spacial score (nSPS) is 55.8. The smallest absolute Gasteiger partial charge is 0.186 e. The molecule has 4 aliphatic carbocycles. The Bertz CT molecular complexity index is 727. The summed E-state index contributed by atoms with van der Waals surface area (Å²) in [4.78, 5) is 12.6. The third kappa shape index (κ3) is 3.42. The lowest BCUT2D eigenvalue weighted by molar-refractivity contribution is -0.316. The first-order valence-corrected chi connectivity index (χ1v) is 12.7. The third-order valence-corrected chi connectivity index (χ3v) is 10.5. The molecule has 1 aliphatic heterocycles. The van der Waals surface area contributed by atoms with Gasteiger partial charge in [-0.25, -0.2) is 0 Å². The molecule has 0 spiro atoms. The van der Waals surface area contributed by atoms with E-state index in [4.69, 9.17) is 9.47 Å². The van der Waals surface area contributed by atoms with Crippen LogP contribution in [0, 0.1) is 34.5 Å². The van der Waals surface area contributed by atoms with E-state index < -0.39 is 37.3 Å². The zero-order valence-corrected chi connectivity index (χ0v) is 19.4. The fraction of sp³-hybridized carbons (Fsp3) is 0.960. The van der Waals surface area contributed by atoms with Crippen LogP contribution >= 0.6 is 0 Å². The second-order valence-electron chi connectivity index (χ2n) is 11.8. The molecular formula is C25H40O7. The second-order valence-corrected chi connectivity index (χ2v) is 11.8. The standard InChI is InChI=1S/C25H40O7/c1-24-9-7-14(31-23-22(30)21(29)20(28)18(12-26)32-23)11-13(24)3-4-15-16-5-6-19(27)25(16,2)10-8-17(15)24/h13-18,20-23,26,28-30H,3-12H2,1-2H3/t13?,14-,15?,16?,17?,18?,20+,21?,22?,23-,24?,25?/m1/s1. The van der Waals surface area contributed by atoms with Gasteiger partial charge in [0.2, 0.25) is 0 Å². The van der Waals surface area contributed by atoms with Crippen molar-refractivity contribution in [2.45, 2.75) is 108 Å². The van der Waals surface area contributed by atoms with Gasteiger partial charge in [0.05, 0.1) is 12.7 Å². The Morgan fingerprint density at radius 3 is 2.50 bits per heavy atom. The van der Waals surface area contributed by atoms with Crippen molar-refractivity contribution in [1.29, 1.82) is 0 Å². The monoisotopic (exact) mass is 452 g/mol. The molecule has 1 heterocycles. The van der Waals surface area contributed by atoms with E-state index in [1.54, 1.807) is 0 Å². The zero-order chi connectivity index (χ0) is 22.8. The van der Waals surface area contributed by atoms with Gasteiger partial charge in [0, 0.05) is 11.8 Å². The third-order valence-electron chi connectivity index (χ3n) is 10.5. The molecule has 0 bridgehead atoms. The van der Waals surface area contributed by atoms with Crippen LogP contribution in [0.15, 0.2) is 0 Å². The van der Waals surface area contributed by atoms with Crippen molar-refractivity contribution in [3.8, 4) is 0 Å². The lowest BCUT2D eigenvalue weighted by Gasteiger charge is -2.60. The molecule has 7 heteroatoms. The van der Waals surface area contributed by atoms with Crippen LogP contribution in [-0.2, 0) is 14.3 Å². The highest BCUT2D eigenvalue weighted by molar-refractivity contribution is 5.87. The molecule has 12 atom stereocenters. The Hall–Kier alpha value is -0.570. The van der Waals surface area contributed by atoms with Gasteiger partial charge in [0.1, 0.15) is 30.2 Å². The van der Waals surface area contributed by atoms with E-state index in [0.717, 1.165) is 51.4 Å². The summed E-state index contributed by atoms with van der Waals surface area (Å²) in [6, 6.07) is 0. The predicted octanol–water partition coefficient (Wildman–Crippen LogP) is 1.78. The number of hydrogen-bond donors (Lipinski definition) is 4. The first-order valence-electron chi connectivity index (χ1n) is 12.7. The maximum absolute atomic E-state index is 12.6. The number of carbonyl (C=O) groups excluding carboxylic acids is 1. The van der Waals surface area contributed by atoms with E-state index in [1.807, 2.05) is 0 Å². The SMILES string of the molecule is CC12CCC3C(CCC4C[C@H](O[C@@H]5OC(CO)[C@H](O)C(O)C5O)CCC43C)C1CCC2=O. The van der Waals surface area contributed by atoms with Gasteiger partial charge in [-0.15, -0.1) is 0 Å². The molecule has 4 N–H and O–H groups in total. The van der Waals surface area contributed by atoms with E-state index in [-0.39, 0.29) is 16.9 Å². The lowest BCUT2D eigenvalue weighted by atomic mass is 9.45. The summed E-state index contributed by atoms with van der Waals surface area (Å²) in [6.45, 7) is 4.24. The minimum atomic E-state index is -1.40. The number of fused-ring (bicyclic) bond motifs is 5. The van der Waals surface area contributed by atoms with Crippen LogP contribution in [0.2, 0.25) is 0 Å². The van der Waals surface area contributed by atoms with Crippen molar-refractivity contribution in [2.75, 3.05) is 6.61 Å². The molecule has 7 nitrogen and oxygen atoms in total. The Morgan fingerprint density at radius 2 is 1.75 bits per heavy atom. The van der Waals surface area contributed by atoms with Gasteiger partial charge in [-0.1, -0.05) is 13.8 Å². The molecule has 32 heavy (non-hydrogen) atoms. The molecule has 0 radical (unpaired) electrons. The molecule has 1 saturated heterocycles. The molecule has 182 valence electrons. The van der Waals surface area contributed by atoms with Crippen LogP contribution in [-0.4, -0.2) is 69.6 Å². The van der Waals surface area contributed by atoms with Crippen LogP contribution in [0.1, 0.15) is 71.6 Å². The number of ether oxygens (including phenoxy) is 2. The Morgan fingerprint density at radius 1 is 0.969 bits per heavy atom. The number of ketones is 1. The van der Waals surface area contributed by atoms with Crippen molar-refractivity contribution in [1.82, 2.24) is 0 Å². The highest BCUT2D eigenvalue weighted by Gasteiger charge is 2.60. The lowest BCUT2D eigenvalue weighted by Crippen LogP contribution is -2.60. The molecule has 0 aromatic rings. The minimum absolute atomic E-state index is 0.0759. The largest absolute Gasteiger partial charge is 0.394 e. The van der Waals surface area contributed by atoms with Crippen LogP contribution < -0.4 is 0 Å². The summed E-state index contributed by atoms with van der Waals surface area (Å²) in [7, 11) is 0. The van der Waals surface area contributed by atoms with Gasteiger partial charge in [0.25, 0.3) is 0 Å². The Balaban J connectivity index is 1.26. The van der Waals surface area contributed by atoms with Crippen LogP contribution in [0.5, 0.6) is 0 Å². The molecule has 0 aromatic carbocycles. The number of hydrogen-bond acceptors (Lipinski definition) is 7. The Kier molecular flexibility index (Phi) is 6.00. The van der Waals surface area contributed by atoms with Gasteiger partial charge in [0.15, 0.2) is 6.29 Å². The predicted molar refractivity (Wildman–Crippen MR) is 115 cm³/mol. The average molecular weight is 453 g/mol. The van der Waals surface area contributed by atoms with Gasteiger partial charge in [-0.05, 0) is 80.5 Å². The highest BCUT2D eigenvalue weighted by Crippen LogP contribution is 2.65. The molecule has 0 amide bonds. The topological polar surface area (TPSA) is 116 Å². The molecule has 4 saturated carbocycles. The van der Waals surface area contributed by atoms with Crippen LogP contribution in [0.25, 0.3) is 0 Å². The second kappa shape index (κ2) is 8.28. The maximum atomic E-state index is 12.6. The van der Waals surface area contributed by atoms with Crippen molar-refractivity contribution in [3.63, 3.8) is 0 Å². The Labute approximate surface area is 190 Å². The van der Waals surface area contributed by atoms with E-state index in [2.05, 4.69) is 13.8 Å². The van der Waals surface area contributed by atoms with Crippen LogP contribution in [0.3, 0.4) is 0 Å². The van der Waals surface area contributed by atoms with Crippen molar-refractivity contribution >= 4 is 5.78 Å². The fourth-order valence-electron chi connectivity index (χ4n) is 8.48. The van der Waals surface area contributed by atoms with E-state index in [9.17, 15) is 25.2 Å². The summed E-state index contributed by atoms with van der Waals surface area (Å²) in [5, 5.41) is 39.9. The average Bonchev–Trinajstić information content (AvgIpc) is 3.09. The van der Waals surface area contributed by atoms with Gasteiger partial charge < -0.3 is 29.9 Å².